The number of nitrogens with zero attached hydrogens (tertiary/aromatic N) is 5. The van der Waals surface area contributed by atoms with Gasteiger partial charge in [-0.05, 0) is 12.1 Å². The SMILES string of the molecule is N#CCCN(CCC#N)c1ncnc(Nc2ccc(F)c(F)c2)c1N. The number of hydrogen-bond acceptors (Lipinski definition) is 7. The lowest BCUT2D eigenvalue weighted by atomic mass is 10.2. The maximum absolute atomic E-state index is 13.3. The molecule has 2 aromatic rings. The van der Waals surface area contributed by atoms with Crippen molar-refractivity contribution in [1.82, 2.24) is 9.97 Å². The summed E-state index contributed by atoms with van der Waals surface area (Å²) in [5, 5.41) is 20.3. The largest absolute Gasteiger partial charge is 0.393 e. The van der Waals surface area contributed by atoms with Crippen LogP contribution < -0.4 is 16.0 Å². The molecule has 0 saturated heterocycles. The monoisotopic (exact) mass is 343 g/mol. The van der Waals surface area contributed by atoms with Crippen LogP contribution in [0.15, 0.2) is 24.5 Å². The first-order valence-electron chi connectivity index (χ1n) is 7.38. The minimum atomic E-state index is -0.998. The van der Waals surface area contributed by atoms with Crippen LogP contribution >= 0.6 is 0 Å². The van der Waals surface area contributed by atoms with Gasteiger partial charge < -0.3 is 16.0 Å². The summed E-state index contributed by atoms with van der Waals surface area (Å²) >= 11 is 0. The van der Waals surface area contributed by atoms with Gasteiger partial charge in [0.15, 0.2) is 23.3 Å². The molecule has 1 aromatic carbocycles. The van der Waals surface area contributed by atoms with Gasteiger partial charge in [-0.2, -0.15) is 10.5 Å². The van der Waals surface area contributed by atoms with Crippen LogP contribution in [0.3, 0.4) is 0 Å². The fourth-order valence-corrected chi connectivity index (χ4v) is 2.14. The normalized spacial score (nSPS) is 9.92. The number of halogens is 2. The number of hydrogen-bond donors (Lipinski definition) is 2. The lowest BCUT2D eigenvalue weighted by Crippen LogP contribution is -2.27. The third-order valence-corrected chi connectivity index (χ3v) is 3.33. The lowest BCUT2D eigenvalue weighted by Gasteiger charge is -2.23. The van der Waals surface area contributed by atoms with Crippen LogP contribution in [0.1, 0.15) is 12.8 Å². The van der Waals surface area contributed by atoms with Gasteiger partial charge in [0.2, 0.25) is 0 Å². The minimum Gasteiger partial charge on any atom is -0.393 e. The van der Waals surface area contributed by atoms with E-state index >= 15 is 0 Å². The second-order valence-electron chi connectivity index (χ2n) is 5.02. The van der Waals surface area contributed by atoms with E-state index < -0.39 is 11.6 Å². The molecule has 1 heterocycles. The molecule has 3 N–H and O–H groups in total. The Morgan fingerprint density at radius 1 is 1.08 bits per heavy atom. The van der Waals surface area contributed by atoms with Gasteiger partial charge in [-0.1, -0.05) is 0 Å². The number of nitrogens with two attached hydrogens (primary N) is 1. The van der Waals surface area contributed by atoms with Crippen molar-refractivity contribution in [2.75, 3.05) is 29.0 Å². The molecule has 7 nitrogen and oxygen atoms in total. The fraction of sp³-hybridized carbons (Fsp3) is 0.250. The highest BCUT2D eigenvalue weighted by Crippen LogP contribution is 2.29. The number of aromatic nitrogens is 2. The van der Waals surface area contributed by atoms with E-state index in [9.17, 15) is 8.78 Å². The van der Waals surface area contributed by atoms with Crippen molar-refractivity contribution in [2.24, 2.45) is 0 Å². The molecule has 1 aromatic heterocycles. The Kier molecular flexibility index (Phi) is 6.02. The molecule has 0 bridgehead atoms. The van der Waals surface area contributed by atoms with Crippen LogP contribution in [0, 0.1) is 34.3 Å². The van der Waals surface area contributed by atoms with Crippen molar-refractivity contribution < 1.29 is 8.78 Å². The summed E-state index contributed by atoms with van der Waals surface area (Å²) < 4.78 is 26.3. The molecule has 0 saturated carbocycles. The number of anilines is 4. The van der Waals surface area contributed by atoms with E-state index in [1.165, 1.54) is 12.4 Å². The minimum absolute atomic E-state index is 0.183. The van der Waals surface area contributed by atoms with Crippen molar-refractivity contribution >= 4 is 23.0 Å². The molecular formula is C16H15F2N7. The van der Waals surface area contributed by atoms with Crippen LogP contribution in [-0.4, -0.2) is 23.1 Å². The summed E-state index contributed by atoms with van der Waals surface area (Å²) in [5.41, 5.74) is 6.54. The average Bonchev–Trinajstić information content (AvgIpc) is 2.60. The van der Waals surface area contributed by atoms with Crippen LogP contribution in [0.5, 0.6) is 0 Å². The summed E-state index contributed by atoms with van der Waals surface area (Å²) in [6.07, 6.45) is 1.74. The standard InChI is InChI=1S/C16H15F2N7/c17-12-4-3-11(9-13(12)18)24-15-14(21)16(23-10-22-15)25(7-1-5-19)8-2-6-20/h3-4,9-10H,1-2,7-8,21H2,(H,22,23,24). The third-order valence-electron chi connectivity index (χ3n) is 3.33. The van der Waals surface area contributed by atoms with Crippen LogP contribution in [-0.2, 0) is 0 Å². The first-order valence-corrected chi connectivity index (χ1v) is 7.38. The molecule has 0 fully saturated rings. The van der Waals surface area contributed by atoms with Gasteiger partial charge in [0, 0.05) is 24.8 Å². The van der Waals surface area contributed by atoms with E-state index in [0.29, 0.717) is 18.9 Å². The molecule has 9 heteroatoms. The van der Waals surface area contributed by atoms with Crippen molar-refractivity contribution in [3.63, 3.8) is 0 Å². The van der Waals surface area contributed by atoms with E-state index in [2.05, 4.69) is 15.3 Å². The summed E-state index contributed by atoms with van der Waals surface area (Å²) in [5.74, 6) is -1.37. The summed E-state index contributed by atoms with van der Waals surface area (Å²) in [6, 6.07) is 7.38. The van der Waals surface area contributed by atoms with E-state index in [1.807, 2.05) is 12.1 Å². The van der Waals surface area contributed by atoms with Gasteiger partial charge in [-0.3, -0.25) is 0 Å². The van der Waals surface area contributed by atoms with Crippen molar-refractivity contribution in [3.8, 4) is 12.1 Å². The number of nitrogens with one attached hydrogen (secondary N) is 1. The maximum Gasteiger partial charge on any atom is 0.160 e. The van der Waals surface area contributed by atoms with Crippen molar-refractivity contribution in [1.29, 1.82) is 10.5 Å². The summed E-state index contributed by atoms with van der Waals surface area (Å²) in [7, 11) is 0. The van der Waals surface area contributed by atoms with Gasteiger partial charge in [0.25, 0.3) is 0 Å². The molecule has 2 rings (SSSR count). The second kappa shape index (κ2) is 8.41. The molecule has 128 valence electrons. The lowest BCUT2D eigenvalue weighted by molar-refractivity contribution is 0.509. The van der Waals surface area contributed by atoms with Gasteiger partial charge in [-0.25, -0.2) is 18.7 Å². The van der Waals surface area contributed by atoms with Crippen molar-refractivity contribution in [3.05, 3.63) is 36.2 Å². The van der Waals surface area contributed by atoms with E-state index in [-0.39, 0.29) is 30.0 Å². The van der Waals surface area contributed by atoms with Gasteiger partial charge in [0.05, 0.1) is 25.0 Å². The highest BCUT2D eigenvalue weighted by Gasteiger charge is 2.15. The number of rotatable bonds is 7. The summed E-state index contributed by atoms with van der Waals surface area (Å²) in [6.45, 7) is 0.702. The fourth-order valence-electron chi connectivity index (χ4n) is 2.14. The molecule has 0 amide bonds. The van der Waals surface area contributed by atoms with Crippen molar-refractivity contribution in [2.45, 2.75) is 12.8 Å². The molecule has 0 radical (unpaired) electrons. The molecule has 0 aliphatic rings. The van der Waals surface area contributed by atoms with E-state index in [0.717, 1.165) is 12.1 Å². The Balaban J connectivity index is 2.29. The Hall–Kier alpha value is -3.46. The Morgan fingerprint density at radius 2 is 1.76 bits per heavy atom. The Morgan fingerprint density at radius 3 is 2.36 bits per heavy atom. The highest BCUT2D eigenvalue weighted by molar-refractivity contribution is 5.78. The number of nitrogen functional groups attached to an aromatic ring is 1. The van der Waals surface area contributed by atoms with Crippen LogP contribution in [0.4, 0.5) is 31.8 Å². The predicted octanol–water partition coefficient (Wildman–Crippen LogP) is 2.71. The van der Waals surface area contributed by atoms with Gasteiger partial charge >= 0.3 is 0 Å². The van der Waals surface area contributed by atoms with Crippen LogP contribution in [0.2, 0.25) is 0 Å². The molecule has 0 aliphatic carbocycles. The second-order valence-corrected chi connectivity index (χ2v) is 5.02. The quantitative estimate of drug-likeness (QED) is 0.794. The summed E-state index contributed by atoms with van der Waals surface area (Å²) in [4.78, 5) is 9.83. The molecule has 25 heavy (non-hydrogen) atoms. The van der Waals surface area contributed by atoms with Gasteiger partial charge in [0.1, 0.15) is 12.0 Å². The van der Waals surface area contributed by atoms with Gasteiger partial charge in [-0.15, -0.1) is 0 Å². The molecule has 0 unspecified atom stereocenters. The Bertz CT molecular complexity index is 808. The number of benzene rings is 1. The zero-order valence-electron chi connectivity index (χ0n) is 13.2. The first-order chi connectivity index (χ1) is 12.1. The van der Waals surface area contributed by atoms with Crippen LogP contribution in [0.25, 0.3) is 0 Å². The molecular weight excluding hydrogens is 328 g/mol. The molecule has 0 atom stereocenters. The number of nitriles is 2. The van der Waals surface area contributed by atoms with E-state index in [4.69, 9.17) is 16.3 Å². The zero-order chi connectivity index (χ0) is 18.2. The highest BCUT2D eigenvalue weighted by atomic mass is 19.2. The maximum atomic E-state index is 13.3. The smallest absolute Gasteiger partial charge is 0.160 e. The Labute approximate surface area is 143 Å². The molecule has 0 aliphatic heterocycles. The molecule has 0 spiro atoms. The topological polar surface area (TPSA) is 115 Å². The average molecular weight is 343 g/mol. The first kappa shape index (κ1) is 17.9. The zero-order valence-corrected chi connectivity index (χ0v) is 13.2. The third kappa shape index (κ3) is 4.52. The van der Waals surface area contributed by atoms with E-state index in [1.54, 1.807) is 4.90 Å². The predicted molar refractivity (Wildman–Crippen MR) is 88.8 cm³/mol.